The Kier molecular flexibility index (Phi) is 4.34. The second kappa shape index (κ2) is 6.73. The summed E-state index contributed by atoms with van der Waals surface area (Å²) in [7, 11) is 0. The lowest BCUT2D eigenvalue weighted by Gasteiger charge is -2.42. The van der Waals surface area contributed by atoms with Gasteiger partial charge in [0.25, 0.3) is 0 Å². The van der Waals surface area contributed by atoms with Gasteiger partial charge in [-0.2, -0.15) is 0 Å². The van der Waals surface area contributed by atoms with Gasteiger partial charge < -0.3 is 14.2 Å². The number of benzene rings is 2. The lowest BCUT2D eigenvalue weighted by atomic mass is 9.84. The molecule has 3 fully saturated rings. The van der Waals surface area contributed by atoms with Crippen molar-refractivity contribution in [3.8, 4) is 0 Å². The smallest absolute Gasteiger partial charge is 0.0981 e. The molecular weight excluding hydrogens is 336 g/mol. The first-order valence-electron chi connectivity index (χ1n) is 10.2. The molecule has 0 bridgehead atoms. The highest BCUT2D eigenvalue weighted by atomic mass is 16.6. The SMILES string of the molecule is CC1OC2(CC2OCc2ccccc2)CC2(CC2)[C@H]1OCc1ccccc1. The summed E-state index contributed by atoms with van der Waals surface area (Å²) in [5, 5.41) is 0. The minimum atomic E-state index is -0.0721. The lowest BCUT2D eigenvalue weighted by molar-refractivity contribution is -0.194. The van der Waals surface area contributed by atoms with Crippen molar-refractivity contribution in [2.24, 2.45) is 5.41 Å². The predicted octanol–water partition coefficient (Wildman–Crippen LogP) is 4.89. The van der Waals surface area contributed by atoms with E-state index in [1.165, 1.54) is 24.0 Å². The molecule has 0 radical (unpaired) electrons. The molecule has 2 spiro atoms. The first-order valence-corrected chi connectivity index (χ1v) is 10.2. The van der Waals surface area contributed by atoms with E-state index in [-0.39, 0.29) is 23.9 Å². The molecule has 3 aliphatic rings. The highest BCUT2D eigenvalue weighted by molar-refractivity contribution is 5.21. The number of ether oxygens (including phenoxy) is 3. The van der Waals surface area contributed by atoms with Gasteiger partial charge in [-0.25, -0.2) is 0 Å². The fourth-order valence-corrected chi connectivity index (χ4v) is 4.91. The molecule has 2 aromatic rings. The van der Waals surface area contributed by atoms with Crippen LogP contribution >= 0.6 is 0 Å². The predicted molar refractivity (Wildman–Crippen MR) is 104 cm³/mol. The molecule has 1 saturated heterocycles. The molecule has 4 atom stereocenters. The number of rotatable bonds is 6. The minimum Gasteiger partial charge on any atom is -0.370 e. The average Bonchev–Trinajstić information content (AvgIpc) is 3.60. The van der Waals surface area contributed by atoms with Gasteiger partial charge >= 0.3 is 0 Å². The van der Waals surface area contributed by atoms with Crippen LogP contribution in [0.2, 0.25) is 0 Å². The fourth-order valence-electron chi connectivity index (χ4n) is 4.91. The third-order valence-corrected chi connectivity index (χ3v) is 6.52. The molecule has 0 aromatic heterocycles. The molecule has 2 aliphatic carbocycles. The summed E-state index contributed by atoms with van der Waals surface area (Å²) >= 11 is 0. The summed E-state index contributed by atoms with van der Waals surface area (Å²) < 4.78 is 19.1. The van der Waals surface area contributed by atoms with Crippen LogP contribution < -0.4 is 0 Å². The zero-order valence-corrected chi connectivity index (χ0v) is 16.0. The second-order valence-electron chi connectivity index (χ2n) is 8.63. The lowest BCUT2D eigenvalue weighted by Crippen LogP contribution is -2.48. The maximum Gasteiger partial charge on any atom is 0.0981 e. The molecule has 3 unspecified atom stereocenters. The molecule has 0 amide bonds. The first kappa shape index (κ1) is 17.4. The van der Waals surface area contributed by atoms with Gasteiger partial charge in [-0.05, 0) is 37.3 Å². The van der Waals surface area contributed by atoms with Gasteiger partial charge in [0.15, 0.2) is 0 Å². The fraction of sp³-hybridized carbons (Fsp3) is 0.500. The summed E-state index contributed by atoms with van der Waals surface area (Å²) in [6.45, 7) is 3.52. The van der Waals surface area contributed by atoms with Crippen LogP contribution in [0.3, 0.4) is 0 Å². The third-order valence-electron chi connectivity index (χ3n) is 6.52. The van der Waals surface area contributed by atoms with Crippen LogP contribution in [0.1, 0.15) is 43.7 Å². The van der Waals surface area contributed by atoms with E-state index in [9.17, 15) is 0 Å². The van der Waals surface area contributed by atoms with E-state index in [1.807, 2.05) is 12.1 Å². The largest absolute Gasteiger partial charge is 0.370 e. The van der Waals surface area contributed by atoms with E-state index >= 15 is 0 Å². The van der Waals surface area contributed by atoms with Gasteiger partial charge in [-0.1, -0.05) is 60.7 Å². The quantitative estimate of drug-likeness (QED) is 0.730. The van der Waals surface area contributed by atoms with E-state index in [1.54, 1.807) is 0 Å². The summed E-state index contributed by atoms with van der Waals surface area (Å²) in [6, 6.07) is 20.9. The molecule has 2 saturated carbocycles. The molecule has 3 heteroatoms. The molecular formula is C24H28O3. The van der Waals surface area contributed by atoms with Crippen LogP contribution in [0.15, 0.2) is 60.7 Å². The zero-order valence-electron chi connectivity index (χ0n) is 16.0. The summed E-state index contributed by atoms with van der Waals surface area (Å²) in [5.41, 5.74) is 2.69. The van der Waals surface area contributed by atoms with E-state index in [2.05, 4.69) is 55.5 Å². The molecule has 1 heterocycles. The number of hydrogen-bond acceptors (Lipinski definition) is 3. The molecule has 0 N–H and O–H groups in total. The van der Waals surface area contributed by atoms with Gasteiger partial charge in [0, 0.05) is 11.8 Å². The van der Waals surface area contributed by atoms with E-state index in [0.29, 0.717) is 18.6 Å². The molecule has 1 aliphatic heterocycles. The molecule has 27 heavy (non-hydrogen) atoms. The van der Waals surface area contributed by atoms with Crippen LogP contribution in [0.4, 0.5) is 0 Å². The minimum absolute atomic E-state index is 0.0721. The van der Waals surface area contributed by atoms with Crippen LogP contribution in [-0.2, 0) is 27.4 Å². The number of hydrogen-bond donors (Lipinski definition) is 0. The highest BCUT2D eigenvalue weighted by Gasteiger charge is 2.69. The Hall–Kier alpha value is -1.68. The molecule has 5 rings (SSSR count). The Morgan fingerprint density at radius 2 is 1.48 bits per heavy atom. The first-order chi connectivity index (χ1) is 13.2. The molecule has 2 aromatic carbocycles. The Balaban J connectivity index is 1.20. The highest BCUT2D eigenvalue weighted by Crippen LogP contribution is 2.65. The Labute approximate surface area is 161 Å². The monoisotopic (exact) mass is 364 g/mol. The standard InChI is InChI=1S/C24H28O3/c1-18-22(26-16-20-10-6-3-7-11-20)23(12-13-23)17-24(27-18)14-21(24)25-15-19-8-4-2-5-9-19/h2-11,18,21-22H,12-17H2,1H3/t18?,21?,22-,24?/m0/s1. The van der Waals surface area contributed by atoms with Gasteiger partial charge in [0.1, 0.15) is 0 Å². The Bertz CT molecular complexity index is 771. The summed E-state index contributed by atoms with van der Waals surface area (Å²) in [6.07, 6.45) is 5.17. The van der Waals surface area contributed by atoms with Crippen LogP contribution in [0.5, 0.6) is 0 Å². The third kappa shape index (κ3) is 3.44. The maximum atomic E-state index is 6.51. The Morgan fingerprint density at radius 1 is 0.889 bits per heavy atom. The van der Waals surface area contributed by atoms with Crippen molar-refractivity contribution in [3.05, 3.63) is 71.8 Å². The van der Waals surface area contributed by atoms with Gasteiger partial charge in [0.2, 0.25) is 0 Å². The van der Waals surface area contributed by atoms with E-state index < -0.39 is 0 Å². The average molecular weight is 364 g/mol. The van der Waals surface area contributed by atoms with E-state index in [0.717, 1.165) is 12.8 Å². The van der Waals surface area contributed by atoms with Gasteiger partial charge in [0.05, 0.1) is 37.1 Å². The zero-order chi connectivity index (χ0) is 18.3. The van der Waals surface area contributed by atoms with Crippen LogP contribution in [0.25, 0.3) is 0 Å². The Morgan fingerprint density at radius 3 is 2.07 bits per heavy atom. The van der Waals surface area contributed by atoms with Crippen molar-refractivity contribution in [1.29, 1.82) is 0 Å². The van der Waals surface area contributed by atoms with Crippen molar-refractivity contribution in [2.75, 3.05) is 0 Å². The van der Waals surface area contributed by atoms with Gasteiger partial charge in [-0.15, -0.1) is 0 Å². The van der Waals surface area contributed by atoms with Crippen molar-refractivity contribution in [2.45, 2.75) is 69.7 Å². The topological polar surface area (TPSA) is 27.7 Å². The normalized spacial score (nSPS) is 33.3. The van der Waals surface area contributed by atoms with Crippen molar-refractivity contribution >= 4 is 0 Å². The maximum absolute atomic E-state index is 6.51. The molecule has 3 nitrogen and oxygen atoms in total. The van der Waals surface area contributed by atoms with Gasteiger partial charge in [-0.3, -0.25) is 0 Å². The van der Waals surface area contributed by atoms with Crippen molar-refractivity contribution in [3.63, 3.8) is 0 Å². The van der Waals surface area contributed by atoms with Crippen molar-refractivity contribution < 1.29 is 14.2 Å². The summed E-state index contributed by atoms with van der Waals surface area (Å²) in [4.78, 5) is 0. The van der Waals surface area contributed by atoms with E-state index in [4.69, 9.17) is 14.2 Å². The molecule has 142 valence electrons. The van der Waals surface area contributed by atoms with Crippen LogP contribution in [-0.4, -0.2) is 23.9 Å². The van der Waals surface area contributed by atoms with Crippen LogP contribution in [0, 0.1) is 5.41 Å². The second-order valence-corrected chi connectivity index (χ2v) is 8.63. The van der Waals surface area contributed by atoms with Crippen molar-refractivity contribution in [1.82, 2.24) is 0 Å². The summed E-state index contributed by atoms with van der Waals surface area (Å²) in [5.74, 6) is 0.